The van der Waals surface area contributed by atoms with Gasteiger partial charge in [-0.3, -0.25) is 4.79 Å². The highest BCUT2D eigenvalue weighted by atomic mass is 32.1. The zero-order chi connectivity index (χ0) is 20.1. The Morgan fingerprint density at radius 1 is 1.14 bits per heavy atom. The van der Waals surface area contributed by atoms with Crippen LogP contribution in [0.2, 0.25) is 0 Å². The summed E-state index contributed by atoms with van der Waals surface area (Å²) in [6, 6.07) is 17.7. The number of para-hydroxylation sites is 1. The van der Waals surface area contributed by atoms with E-state index in [4.69, 9.17) is 4.74 Å². The zero-order valence-electron chi connectivity index (χ0n) is 16.3. The SMILES string of the molecule is Cc1nc(COc2ccc(C(=O)NCCCn3ccc4ccccc43)cc2)cs1. The maximum atomic E-state index is 12.3. The average molecular weight is 406 g/mol. The van der Waals surface area contributed by atoms with Crippen molar-refractivity contribution in [2.75, 3.05) is 6.54 Å². The first kappa shape index (κ1) is 19.2. The third kappa shape index (κ3) is 4.84. The Labute approximate surface area is 174 Å². The molecule has 0 radical (unpaired) electrons. The molecule has 0 aliphatic heterocycles. The molecule has 0 aliphatic carbocycles. The minimum Gasteiger partial charge on any atom is -0.487 e. The maximum Gasteiger partial charge on any atom is 0.251 e. The van der Waals surface area contributed by atoms with Crippen LogP contribution in [0.3, 0.4) is 0 Å². The van der Waals surface area contributed by atoms with Crippen LogP contribution in [0.4, 0.5) is 0 Å². The number of carbonyl (C=O) groups excluding carboxylic acids is 1. The van der Waals surface area contributed by atoms with E-state index in [0.29, 0.717) is 18.7 Å². The van der Waals surface area contributed by atoms with Gasteiger partial charge in [-0.25, -0.2) is 4.98 Å². The van der Waals surface area contributed by atoms with Crippen LogP contribution in [-0.4, -0.2) is 22.0 Å². The first-order chi connectivity index (χ1) is 14.2. The molecule has 0 aliphatic rings. The van der Waals surface area contributed by atoms with Gasteiger partial charge in [0.15, 0.2) is 0 Å². The first-order valence-corrected chi connectivity index (χ1v) is 10.5. The molecule has 1 N–H and O–H groups in total. The van der Waals surface area contributed by atoms with E-state index in [-0.39, 0.29) is 5.91 Å². The van der Waals surface area contributed by atoms with Crippen molar-refractivity contribution >= 4 is 28.1 Å². The van der Waals surface area contributed by atoms with E-state index < -0.39 is 0 Å². The van der Waals surface area contributed by atoms with E-state index in [1.54, 1.807) is 23.5 Å². The number of nitrogens with zero attached hydrogens (tertiary/aromatic N) is 2. The van der Waals surface area contributed by atoms with Crippen LogP contribution in [0.5, 0.6) is 5.75 Å². The Hall–Kier alpha value is -3.12. The quantitative estimate of drug-likeness (QED) is 0.428. The average Bonchev–Trinajstić information content (AvgIpc) is 3.36. The van der Waals surface area contributed by atoms with Crippen LogP contribution >= 0.6 is 11.3 Å². The number of aryl methyl sites for hydroxylation is 2. The molecule has 29 heavy (non-hydrogen) atoms. The summed E-state index contributed by atoms with van der Waals surface area (Å²) in [5.41, 5.74) is 2.78. The second kappa shape index (κ2) is 8.92. The van der Waals surface area contributed by atoms with E-state index in [1.165, 1.54) is 10.9 Å². The van der Waals surface area contributed by atoms with E-state index in [1.807, 2.05) is 36.6 Å². The van der Waals surface area contributed by atoms with Gasteiger partial charge in [-0.15, -0.1) is 11.3 Å². The summed E-state index contributed by atoms with van der Waals surface area (Å²) in [7, 11) is 0. The molecule has 4 aromatic rings. The zero-order valence-corrected chi connectivity index (χ0v) is 17.1. The molecular weight excluding hydrogens is 382 g/mol. The summed E-state index contributed by atoms with van der Waals surface area (Å²) in [5.74, 6) is 0.663. The lowest BCUT2D eigenvalue weighted by Crippen LogP contribution is -2.25. The van der Waals surface area contributed by atoms with Crippen LogP contribution in [0.1, 0.15) is 27.5 Å². The number of benzene rings is 2. The van der Waals surface area contributed by atoms with Gasteiger partial charge in [-0.05, 0) is 55.1 Å². The fourth-order valence-corrected chi connectivity index (χ4v) is 3.82. The van der Waals surface area contributed by atoms with Crippen molar-refractivity contribution in [2.45, 2.75) is 26.5 Å². The van der Waals surface area contributed by atoms with Crippen LogP contribution in [0.15, 0.2) is 66.2 Å². The first-order valence-electron chi connectivity index (χ1n) is 9.65. The Kier molecular flexibility index (Phi) is 5.91. The summed E-state index contributed by atoms with van der Waals surface area (Å²) in [4.78, 5) is 16.7. The smallest absolute Gasteiger partial charge is 0.251 e. The number of nitrogens with one attached hydrogen (secondary N) is 1. The molecular formula is C23H23N3O2S. The summed E-state index contributed by atoms with van der Waals surface area (Å²) in [5, 5.41) is 7.25. The van der Waals surface area contributed by atoms with E-state index in [2.05, 4.69) is 39.3 Å². The highest BCUT2D eigenvalue weighted by molar-refractivity contribution is 7.09. The molecule has 148 valence electrons. The fourth-order valence-electron chi connectivity index (χ4n) is 3.22. The van der Waals surface area contributed by atoms with Gasteiger partial charge in [0.05, 0.1) is 10.7 Å². The standard InChI is InChI=1S/C23H23N3O2S/c1-17-25-20(16-29-17)15-28-21-9-7-19(8-10-21)23(27)24-12-4-13-26-14-11-18-5-2-3-6-22(18)26/h2-3,5-11,14,16H,4,12-13,15H2,1H3,(H,24,27). The van der Waals surface area contributed by atoms with Crippen LogP contribution in [-0.2, 0) is 13.2 Å². The highest BCUT2D eigenvalue weighted by Crippen LogP contribution is 2.16. The molecule has 2 heterocycles. The van der Waals surface area contributed by atoms with Gasteiger partial charge in [0.2, 0.25) is 0 Å². The number of amides is 1. The molecule has 0 fully saturated rings. The summed E-state index contributed by atoms with van der Waals surface area (Å²) in [6.45, 7) is 3.91. The largest absolute Gasteiger partial charge is 0.487 e. The van der Waals surface area contributed by atoms with Crippen LogP contribution < -0.4 is 10.1 Å². The Bertz CT molecular complexity index is 1100. The second-order valence-corrected chi connectivity index (χ2v) is 7.91. The third-order valence-electron chi connectivity index (χ3n) is 4.71. The predicted octanol–water partition coefficient (Wildman–Crippen LogP) is 4.81. The van der Waals surface area contributed by atoms with Crippen molar-refractivity contribution in [3.05, 3.63) is 82.4 Å². The molecule has 0 saturated carbocycles. The normalized spacial score (nSPS) is 10.9. The van der Waals surface area contributed by atoms with Gasteiger partial charge >= 0.3 is 0 Å². The molecule has 4 rings (SSSR count). The van der Waals surface area contributed by atoms with Gasteiger partial charge in [0, 0.05) is 35.7 Å². The maximum absolute atomic E-state index is 12.3. The number of thiazole rings is 1. The van der Waals surface area contributed by atoms with E-state index >= 15 is 0 Å². The lowest BCUT2D eigenvalue weighted by molar-refractivity contribution is 0.0952. The lowest BCUT2D eigenvalue weighted by Gasteiger charge is -2.08. The summed E-state index contributed by atoms with van der Waals surface area (Å²) < 4.78 is 7.94. The Morgan fingerprint density at radius 2 is 1.97 bits per heavy atom. The summed E-state index contributed by atoms with van der Waals surface area (Å²) in [6.07, 6.45) is 2.97. The van der Waals surface area contributed by atoms with Crippen molar-refractivity contribution in [3.8, 4) is 5.75 Å². The predicted molar refractivity (Wildman–Crippen MR) is 117 cm³/mol. The van der Waals surface area contributed by atoms with Crippen molar-refractivity contribution in [2.24, 2.45) is 0 Å². The molecule has 5 nitrogen and oxygen atoms in total. The Balaban J connectivity index is 1.23. The number of aromatic nitrogens is 2. The van der Waals surface area contributed by atoms with Gasteiger partial charge in [-0.1, -0.05) is 18.2 Å². The highest BCUT2D eigenvalue weighted by Gasteiger charge is 2.06. The lowest BCUT2D eigenvalue weighted by atomic mass is 10.2. The molecule has 6 heteroatoms. The molecule has 1 amide bonds. The number of hydrogen-bond acceptors (Lipinski definition) is 4. The number of rotatable bonds is 8. The molecule has 2 aromatic heterocycles. The van der Waals surface area contributed by atoms with Crippen LogP contribution in [0.25, 0.3) is 10.9 Å². The molecule has 2 aromatic carbocycles. The van der Waals surface area contributed by atoms with Crippen molar-refractivity contribution < 1.29 is 9.53 Å². The van der Waals surface area contributed by atoms with Crippen molar-refractivity contribution in [1.82, 2.24) is 14.9 Å². The van der Waals surface area contributed by atoms with Gasteiger partial charge in [0.25, 0.3) is 5.91 Å². The molecule has 0 spiro atoms. The number of fused-ring (bicyclic) bond motifs is 1. The van der Waals surface area contributed by atoms with Crippen LogP contribution in [0, 0.1) is 6.92 Å². The number of ether oxygens (including phenoxy) is 1. The monoisotopic (exact) mass is 405 g/mol. The molecule has 0 atom stereocenters. The van der Waals surface area contributed by atoms with Gasteiger partial charge < -0.3 is 14.6 Å². The van der Waals surface area contributed by atoms with E-state index in [0.717, 1.165) is 29.4 Å². The van der Waals surface area contributed by atoms with Crippen molar-refractivity contribution in [1.29, 1.82) is 0 Å². The number of carbonyl (C=O) groups is 1. The van der Waals surface area contributed by atoms with Gasteiger partial charge in [0.1, 0.15) is 12.4 Å². The fraction of sp³-hybridized carbons (Fsp3) is 0.217. The molecule has 0 bridgehead atoms. The van der Waals surface area contributed by atoms with Crippen molar-refractivity contribution in [3.63, 3.8) is 0 Å². The topological polar surface area (TPSA) is 56.1 Å². The molecule has 0 unspecified atom stereocenters. The molecule has 0 saturated heterocycles. The Morgan fingerprint density at radius 3 is 2.76 bits per heavy atom. The minimum atomic E-state index is -0.0657. The number of hydrogen-bond donors (Lipinski definition) is 1. The third-order valence-corrected chi connectivity index (χ3v) is 5.53. The minimum absolute atomic E-state index is 0.0657. The van der Waals surface area contributed by atoms with Gasteiger partial charge in [-0.2, -0.15) is 0 Å². The second-order valence-electron chi connectivity index (χ2n) is 6.85. The summed E-state index contributed by atoms with van der Waals surface area (Å²) >= 11 is 1.61. The van der Waals surface area contributed by atoms with E-state index in [9.17, 15) is 4.79 Å².